The number of nitrogens with one attached hydrogen (secondary N) is 1. The van der Waals surface area contributed by atoms with Crippen molar-refractivity contribution < 1.29 is 4.79 Å². The van der Waals surface area contributed by atoms with E-state index in [4.69, 9.17) is 0 Å². The third-order valence-corrected chi connectivity index (χ3v) is 1.86. The van der Waals surface area contributed by atoms with Gasteiger partial charge in [-0.3, -0.25) is 4.79 Å². The molecular weight excluding hydrogens is 152 g/mol. The molecule has 0 fully saturated rings. The summed E-state index contributed by atoms with van der Waals surface area (Å²) < 4.78 is 0. The van der Waals surface area contributed by atoms with Crippen LogP contribution < -0.4 is 5.32 Å². The molecule has 0 saturated carbocycles. The number of aliphatic imine (C=N–C) groups is 1. The van der Waals surface area contributed by atoms with Crippen molar-refractivity contribution in [3.05, 3.63) is 11.8 Å². The Morgan fingerprint density at radius 2 is 2.58 bits per heavy atom. The minimum absolute atomic E-state index is 0.486. The molecule has 0 radical (unpaired) electrons. The second kappa shape index (κ2) is 4.04. The fourth-order valence-corrected chi connectivity index (χ4v) is 1.30. The molecule has 1 rings (SSSR count). The Balaban J connectivity index is 2.70. The lowest BCUT2D eigenvalue weighted by Gasteiger charge is -2.15. The van der Waals surface area contributed by atoms with Crippen molar-refractivity contribution >= 4 is 12.2 Å². The average Bonchev–Trinajstić information content (AvgIpc) is 2.04. The maximum absolute atomic E-state index is 10.2. The van der Waals surface area contributed by atoms with Crippen LogP contribution in [0, 0.1) is 5.92 Å². The fourth-order valence-electron chi connectivity index (χ4n) is 1.30. The van der Waals surface area contributed by atoms with Crippen LogP contribution in [0.2, 0.25) is 0 Å². The van der Waals surface area contributed by atoms with Gasteiger partial charge in [-0.1, -0.05) is 19.9 Å². The van der Waals surface area contributed by atoms with Crippen molar-refractivity contribution in [2.45, 2.75) is 26.7 Å². The first-order chi connectivity index (χ1) is 5.76. The molecule has 1 unspecified atom stereocenters. The molecule has 0 saturated heterocycles. The topological polar surface area (TPSA) is 41.5 Å². The van der Waals surface area contributed by atoms with Crippen molar-refractivity contribution in [2.24, 2.45) is 10.9 Å². The van der Waals surface area contributed by atoms with Crippen molar-refractivity contribution in [2.75, 3.05) is 0 Å². The van der Waals surface area contributed by atoms with E-state index in [1.165, 1.54) is 0 Å². The van der Waals surface area contributed by atoms with Crippen molar-refractivity contribution in [1.82, 2.24) is 5.32 Å². The van der Waals surface area contributed by atoms with Crippen molar-refractivity contribution in [3.8, 4) is 0 Å². The largest absolute Gasteiger partial charge is 0.317 e. The summed E-state index contributed by atoms with van der Waals surface area (Å²) in [6.07, 6.45) is 4.59. The molecule has 1 heterocycles. The summed E-state index contributed by atoms with van der Waals surface area (Å²) in [5.41, 5.74) is 1.07. The van der Waals surface area contributed by atoms with Gasteiger partial charge in [-0.05, 0) is 12.3 Å². The highest BCUT2D eigenvalue weighted by Crippen LogP contribution is 2.17. The van der Waals surface area contributed by atoms with Gasteiger partial charge in [0.2, 0.25) is 6.41 Å². The Kier molecular flexibility index (Phi) is 3.02. The molecule has 66 valence electrons. The van der Waals surface area contributed by atoms with Crippen LogP contribution in [-0.2, 0) is 4.79 Å². The summed E-state index contributed by atoms with van der Waals surface area (Å²) in [7, 11) is 0. The van der Waals surface area contributed by atoms with Crippen LogP contribution in [0.5, 0.6) is 0 Å². The van der Waals surface area contributed by atoms with Gasteiger partial charge < -0.3 is 5.32 Å². The Morgan fingerprint density at radius 3 is 3.17 bits per heavy atom. The highest BCUT2D eigenvalue weighted by atomic mass is 16.1. The molecular formula is C9H14N2O. The quantitative estimate of drug-likeness (QED) is 0.620. The first-order valence-electron chi connectivity index (χ1n) is 4.24. The first-order valence-corrected chi connectivity index (χ1v) is 4.24. The van der Waals surface area contributed by atoms with E-state index >= 15 is 0 Å². The summed E-state index contributed by atoms with van der Waals surface area (Å²) in [6.45, 7) is 4.18. The van der Waals surface area contributed by atoms with E-state index in [0.717, 1.165) is 24.4 Å². The molecule has 1 aliphatic rings. The van der Waals surface area contributed by atoms with Crippen LogP contribution in [0.1, 0.15) is 26.7 Å². The van der Waals surface area contributed by atoms with Crippen LogP contribution in [-0.4, -0.2) is 12.2 Å². The smallest absolute Gasteiger partial charge is 0.212 e. The standard InChI is InChI=1S/C9H14N2O/c1-3-8-4-7(2)5-9(11-8)10-6-12/h4,6-7H,3,5H2,1-2H3,(H,10,11,12). The summed E-state index contributed by atoms with van der Waals surface area (Å²) in [5, 5.41) is 2.61. The summed E-state index contributed by atoms with van der Waals surface area (Å²) in [6, 6.07) is 0. The van der Waals surface area contributed by atoms with Crippen LogP contribution in [0.15, 0.2) is 16.8 Å². The second-order valence-electron chi connectivity index (χ2n) is 3.01. The SMILES string of the molecule is CCC1=CC(C)CC(NC=O)=N1. The molecule has 1 aliphatic heterocycles. The fraction of sp³-hybridized carbons (Fsp3) is 0.556. The van der Waals surface area contributed by atoms with Gasteiger partial charge in [-0.25, -0.2) is 4.99 Å². The predicted molar refractivity (Wildman–Crippen MR) is 48.8 cm³/mol. The molecule has 3 heteroatoms. The molecule has 12 heavy (non-hydrogen) atoms. The Labute approximate surface area is 72.6 Å². The van der Waals surface area contributed by atoms with E-state index in [-0.39, 0.29) is 0 Å². The molecule has 1 atom stereocenters. The molecule has 1 N–H and O–H groups in total. The summed E-state index contributed by atoms with van der Waals surface area (Å²) in [4.78, 5) is 14.4. The lowest BCUT2D eigenvalue weighted by atomic mass is 10.0. The van der Waals surface area contributed by atoms with Crippen molar-refractivity contribution in [3.63, 3.8) is 0 Å². The van der Waals surface area contributed by atoms with E-state index < -0.39 is 0 Å². The molecule has 0 aromatic rings. The molecule has 1 amide bonds. The van der Waals surface area contributed by atoms with Gasteiger partial charge in [0, 0.05) is 12.1 Å². The molecule has 0 aromatic heterocycles. The van der Waals surface area contributed by atoms with Crippen LogP contribution in [0.3, 0.4) is 0 Å². The van der Waals surface area contributed by atoms with Crippen molar-refractivity contribution in [1.29, 1.82) is 0 Å². The summed E-state index contributed by atoms with van der Waals surface area (Å²) >= 11 is 0. The number of rotatable bonds is 2. The number of amides is 1. The maximum atomic E-state index is 10.2. The lowest BCUT2D eigenvalue weighted by Crippen LogP contribution is -2.25. The predicted octanol–water partition coefficient (Wildman–Crippen LogP) is 1.46. The van der Waals surface area contributed by atoms with E-state index in [2.05, 4.69) is 30.2 Å². The molecule has 0 bridgehead atoms. The van der Waals surface area contributed by atoms with Gasteiger partial charge in [0.25, 0.3) is 0 Å². The van der Waals surface area contributed by atoms with Gasteiger partial charge >= 0.3 is 0 Å². The number of carbonyl (C=O) groups excluding carboxylic acids is 1. The average molecular weight is 166 g/mol. The minimum Gasteiger partial charge on any atom is -0.317 e. The van der Waals surface area contributed by atoms with E-state index in [9.17, 15) is 4.79 Å². The van der Waals surface area contributed by atoms with Gasteiger partial charge in [0.1, 0.15) is 5.84 Å². The third-order valence-electron chi connectivity index (χ3n) is 1.86. The van der Waals surface area contributed by atoms with Gasteiger partial charge in [0.05, 0.1) is 0 Å². The molecule has 0 aliphatic carbocycles. The number of allylic oxidation sites excluding steroid dienone is 2. The lowest BCUT2D eigenvalue weighted by molar-refractivity contribution is -0.108. The van der Waals surface area contributed by atoms with Crippen LogP contribution in [0.4, 0.5) is 0 Å². The van der Waals surface area contributed by atoms with Gasteiger partial charge in [-0.2, -0.15) is 0 Å². The number of nitrogens with zero attached hydrogens (tertiary/aromatic N) is 1. The Hall–Kier alpha value is -1.12. The second-order valence-corrected chi connectivity index (χ2v) is 3.01. The van der Waals surface area contributed by atoms with E-state index in [1.807, 2.05) is 0 Å². The zero-order valence-corrected chi connectivity index (χ0v) is 7.50. The van der Waals surface area contributed by atoms with Gasteiger partial charge in [0.15, 0.2) is 0 Å². The van der Waals surface area contributed by atoms with Gasteiger partial charge in [-0.15, -0.1) is 0 Å². The zero-order chi connectivity index (χ0) is 8.97. The monoisotopic (exact) mass is 166 g/mol. The number of carbonyl (C=O) groups is 1. The molecule has 0 spiro atoms. The summed E-state index contributed by atoms with van der Waals surface area (Å²) in [5.74, 6) is 1.27. The highest BCUT2D eigenvalue weighted by molar-refractivity contribution is 5.91. The van der Waals surface area contributed by atoms with E-state index in [0.29, 0.717) is 12.3 Å². The number of hydrogen-bond acceptors (Lipinski definition) is 2. The first kappa shape index (κ1) is 8.97. The minimum atomic E-state index is 0.486. The normalized spacial score (nSPS) is 22.7. The highest BCUT2D eigenvalue weighted by Gasteiger charge is 2.11. The molecule has 0 aromatic carbocycles. The van der Waals surface area contributed by atoms with Crippen LogP contribution in [0.25, 0.3) is 0 Å². The number of amidine groups is 1. The number of hydrogen-bond donors (Lipinski definition) is 1. The van der Waals surface area contributed by atoms with E-state index in [1.54, 1.807) is 0 Å². The Morgan fingerprint density at radius 1 is 1.83 bits per heavy atom. The third kappa shape index (κ3) is 2.19. The zero-order valence-electron chi connectivity index (χ0n) is 7.50. The maximum Gasteiger partial charge on any atom is 0.212 e. The Bertz CT molecular complexity index is 231. The molecule has 3 nitrogen and oxygen atoms in total. The van der Waals surface area contributed by atoms with Crippen LogP contribution >= 0.6 is 0 Å².